The number of nitrogens with zero attached hydrogens (tertiary/aromatic N) is 3. The number of aromatic nitrogens is 2. The number of oxime groups is 1. The molecule has 0 unspecified atom stereocenters. The summed E-state index contributed by atoms with van der Waals surface area (Å²) in [5, 5.41) is 19.2. The highest BCUT2D eigenvalue weighted by atomic mass is 16.5. The second-order valence-corrected chi connectivity index (χ2v) is 4.35. The molecule has 1 heterocycles. The Morgan fingerprint density at radius 2 is 2.05 bits per heavy atom. The first kappa shape index (κ1) is 15.2. The number of amidine groups is 1. The summed E-state index contributed by atoms with van der Waals surface area (Å²) >= 11 is 0. The number of hydrogen-bond acceptors (Lipinski definition) is 5. The standard InChI is InChI=1S/C13H22N4O2/c1-2-3-4-5-6-7-10-19-13-11(12(14)17-18)8-9-15-16-13/h8-9,18H,2-7,10H2,1H3,(H2,14,17). The molecule has 0 aliphatic carbocycles. The molecule has 0 aromatic carbocycles. The minimum absolute atomic E-state index is 0.0205. The zero-order valence-corrected chi connectivity index (χ0v) is 11.4. The van der Waals surface area contributed by atoms with Gasteiger partial charge in [0.1, 0.15) is 0 Å². The van der Waals surface area contributed by atoms with Crippen LogP contribution in [-0.4, -0.2) is 27.8 Å². The molecule has 0 spiro atoms. The molecule has 106 valence electrons. The molecule has 0 saturated carbocycles. The lowest BCUT2D eigenvalue weighted by Crippen LogP contribution is -2.16. The minimum atomic E-state index is -0.0205. The van der Waals surface area contributed by atoms with Gasteiger partial charge in [0.05, 0.1) is 18.4 Å². The molecule has 0 atom stereocenters. The van der Waals surface area contributed by atoms with E-state index in [0.29, 0.717) is 18.1 Å². The van der Waals surface area contributed by atoms with Gasteiger partial charge in [-0.2, -0.15) is 5.10 Å². The predicted octanol–water partition coefficient (Wildman–Crippen LogP) is 2.31. The zero-order chi connectivity index (χ0) is 13.9. The van der Waals surface area contributed by atoms with Crippen LogP contribution in [0.3, 0.4) is 0 Å². The van der Waals surface area contributed by atoms with Crippen LogP contribution in [-0.2, 0) is 0 Å². The highest BCUT2D eigenvalue weighted by molar-refractivity contribution is 5.98. The summed E-state index contributed by atoms with van der Waals surface area (Å²) in [5.41, 5.74) is 5.99. The summed E-state index contributed by atoms with van der Waals surface area (Å²) in [6, 6.07) is 1.61. The lowest BCUT2D eigenvalue weighted by molar-refractivity contribution is 0.288. The van der Waals surface area contributed by atoms with Crippen molar-refractivity contribution in [2.75, 3.05) is 6.61 Å². The number of hydrogen-bond donors (Lipinski definition) is 2. The average Bonchev–Trinajstić information content (AvgIpc) is 2.46. The van der Waals surface area contributed by atoms with Crippen molar-refractivity contribution in [2.24, 2.45) is 10.9 Å². The molecule has 0 fully saturated rings. The van der Waals surface area contributed by atoms with Crippen LogP contribution in [0.25, 0.3) is 0 Å². The van der Waals surface area contributed by atoms with Crippen molar-refractivity contribution >= 4 is 5.84 Å². The topological polar surface area (TPSA) is 93.6 Å². The first-order valence-electron chi connectivity index (χ1n) is 6.72. The molecule has 3 N–H and O–H groups in total. The molecule has 1 rings (SSSR count). The van der Waals surface area contributed by atoms with E-state index in [4.69, 9.17) is 15.7 Å². The normalized spacial score (nSPS) is 11.5. The summed E-state index contributed by atoms with van der Waals surface area (Å²) < 4.78 is 5.52. The first-order chi connectivity index (χ1) is 9.29. The fourth-order valence-corrected chi connectivity index (χ4v) is 1.73. The highest BCUT2D eigenvalue weighted by Crippen LogP contribution is 2.13. The largest absolute Gasteiger partial charge is 0.476 e. The van der Waals surface area contributed by atoms with Gasteiger partial charge in [-0.15, -0.1) is 5.10 Å². The molecule has 0 amide bonds. The Labute approximate surface area is 113 Å². The van der Waals surface area contributed by atoms with E-state index in [9.17, 15) is 0 Å². The molecule has 0 saturated heterocycles. The molecule has 6 heteroatoms. The molecular formula is C13H22N4O2. The molecule has 0 bridgehead atoms. The van der Waals surface area contributed by atoms with Gasteiger partial charge in [0.2, 0.25) is 5.88 Å². The monoisotopic (exact) mass is 266 g/mol. The summed E-state index contributed by atoms with van der Waals surface area (Å²) in [7, 11) is 0. The highest BCUT2D eigenvalue weighted by Gasteiger charge is 2.09. The van der Waals surface area contributed by atoms with E-state index in [1.165, 1.54) is 31.9 Å². The Morgan fingerprint density at radius 1 is 1.32 bits per heavy atom. The van der Waals surface area contributed by atoms with E-state index in [1.807, 2.05) is 0 Å². The van der Waals surface area contributed by atoms with Crippen molar-refractivity contribution in [3.05, 3.63) is 17.8 Å². The lowest BCUT2D eigenvalue weighted by Gasteiger charge is -2.08. The lowest BCUT2D eigenvalue weighted by atomic mass is 10.1. The number of ether oxygens (including phenoxy) is 1. The van der Waals surface area contributed by atoms with Crippen molar-refractivity contribution in [1.82, 2.24) is 10.2 Å². The Kier molecular flexibility index (Phi) is 7.31. The molecular weight excluding hydrogens is 244 g/mol. The van der Waals surface area contributed by atoms with E-state index in [0.717, 1.165) is 12.8 Å². The number of rotatable bonds is 9. The molecule has 19 heavy (non-hydrogen) atoms. The van der Waals surface area contributed by atoms with Crippen molar-refractivity contribution in [3.8, 4) is 5.88 Å². The van der Waals surface area contributed by atoms with E-state index in [2.05, 4.69) is 22.3 Å². The molecule has 0 aliphatic heterocycles. The van der Waals surface area contributed by atoms with Gasteiger partial charge in [-0.05, 0) is 12.5 Å². The Bertz CT molecular complexity index is 396. The van der Waals surface area contributed by atoms with E-state index < -0.39 is 0 Å². The van der Waals surface area contributed by atoms with Crippen LogP contribution in [0.15, 0.2) is 17.4 Å². The van der Waals surface area contributed by atoms with Crippen molar-refractivity contribution in [1.29, 1.82) is 0 Å². The third-order valence-electron chi connectivity index (χ3n) is 2.81. The maximum atomic E-state index is 8.66. The van der Waals surface area contributed by atoms with Gasteiger partial charge in [-0.25, -0.2) is 0 Å². The third-order valence-corrected chi connectivity index (χ3v) is 2.81. The maximum Gasteiger partial charge on any atom is 0.244 e. The Balaban J connectivity index is 2.33. The fourth-order valence-electron chi connectivity index (χ4n) is 1.73. The number of unbranched alkanes of at least 4 members (excludes halogenated alkanes) is 5. The van der Waals surface area contributed by atoms with Crippen LogP contribution < -0.4 is 10.5 Å². The molecule has 1 aromatic rings. The van der Waals surface area contributed by atoms with Crippen molar-refractivity contribution in [2.45, 2.75) is 45.4 Å². The summed E-state index contributed by atoms with van der Waals surface area (Å²) in [5.74, 6) is 0.291. The van der Waals surface area contributed by atoms with Crippen molar-refractivity contribution < 1.29 is 9.94 Å². The van der Waals surface area contributed by atoms with Crippen LogP contribution in [0.1, 0.15) is 51.0 Å². The van der Waals surface area contributed by atoms with Crippen LogP contribution >= 0.6 is 0 Å². The van der Waals surface area contributed by atoms with Crippen molar-refractivity contribution in [3.63, 3.8) is 0 Å². The van der Waals surface area contributed by atoms with Gasteiger partial charge in [-0.1, -0.05) is 44.2 Å². The van der Waals surface area contributed by atoms with Gasteiger partial charge < -0.3 is 15.7 Å². The summed E-state index contributed by atoms with van der Waals surface area (Å²) in [6.45, 7) is 2.77. The molecule has 1 aromatic heterocycles. The summed E-state index contributed by atoms with van der Waals surface area (Å²) in [4.78, 5) is 0. The predicted molar refractivity (Wildman–Crippen MR) is 73.4 cm³/mol. The fraction of sp³-hybridized carbons (Fsp3) is 0.615. The van der Waals surface area contributed by atoms with Crippen LogP contribution in [0.4, 0.5) is 0 Å². The third kappa shape index (κ3) is 5.54. The van der Waals surface area contributed by atoms with Crippen LogP contribution in [0.5, 0.6) is 5.88 Å². The number of nitrogens with two attached hydrogens (primary N) is 1. The van der Waals surface area contributed by atoms with E-state index in [-0.39, 0.29) is 5.84 Å². The molecule has 6 nitrogen and oxygen atoms in total. The Hall–Kier alpha value is -1.85. The van der Waals surface area contributed by atoms with Crippen LogP contribution in [0, 0.1) is 0 Å². The second-order valence-electron chi connectivity index (χ2n) is 4.35. The smallest absolute Gasteiger partial charge is 0.244 e. The molecule has 0 aliphatic rings. The quantitative estimate of drug-likeness (QED) is 0.235. The Morgan fingerprint density at radius 3 is 2.79 bits per heavy atom. The zero-order valence-electron chi connectivity index (χ0n) is 11.4. The second kappa shape index (κ2) is 9.13. The first-order valence-corrected chi connectivity index (χ1v) is 6.72. The van der Waals surface area contributed by atoms with E-state index >= 15 is 0 Å². The van der Waals surface area contributed by atoms with Gasteiger partial charge >= 0.3 is 0 Å². The van der Waals surface area contributed by atoms with Gasteiger partial charge in [0, 0.05) is 0 Å². The SMILES string of the molecule is CCCCCCCCOc1nnccc1/C(N)=N/O. The van der Waals surface area contributed by atoms with Gasteiger partial charge in [0.15, 0.2) is 5.84 Å². The minimum Gasteiger partial charge on any atom is -0.476 e. The van der Waals surface area contributed by atoms with Gasteiger partial charge in [0.25, 0.3) is 0 Å². The van der Waals surface area contributed by atoms with E-state index in [1.54, 1.807) is 6.07 Å². The van der Waals surface area contributed by atoms with Crippen LogP contribution in [0.2, 0.25) is 0 Å². The maximum absolute atomic E-state index is 8.66. The van der Waals surface area contributed by atoms with Gasteiger partial charge in [-0.3, -0.25) is 0 Å². The average molecular weight is 266 g/mol. The summed E-state index contributed by atoms with van der Waals surface area (Å²) in [6.07, 6.45) is 8.62. The molecule has 0 radical (unpaired) electrons.